The van der Waals surface area contributed by atoms with Crippen LogP contribution < -0.4 is 0 Å². The lowest BCUT2D eigenvalue weighted by Gasteiger charge is -2.43. The Balaban J connectivity index is 1.52. The van der Waals surface area contributed by atoms with Crippen molar-refractivity contribution < 1.29 is 4.48 Å². The van der Waals surface area contributed by atoms with Crippen molar-refractivity contribution in [3.63, 3.8) is 0 Å². The molecule has 1 unspecified atom stereocenters. The Morgan fingerprint density at radius 1 is 1.00 bits per heavy atom. The fourth-order valence-electron chi connectivity index (χ4n) is 5.60. The second-order valence-corrected chi connectivity index (χ2v) is 9.52. The predicted molar refractivity (Wildman–Crippen MR) is 115 cm³/mol. The number of hydrogen-bond acceptors (Lipinski definition) is 1. The van der Waals surface area contributed by atoms with Crippen molar-refractivity contribution in [2.24, 2.45) is 0 Å². The minimum absolute atomic E-state index is 0.634. The molecule has 2 heteroatoms. The van der Waals surface area contributed by atoms with E-state index in [-0.39, 0.29) is 0 Å². The molecule has 0 spiro atoms. The Bertz CT molecular complexity index is 703. The Hall–Kier alpha value is -1.54. The molecule has 27 heavy (non-hydrogen) atoms. The number of quaternary nitrogens is 1. The molecule has 0 radical (unpaired) electrons. The van der Waals surface area contributed by atoms with E-state index in [0.29, 0.717) is 6.04 Å². The lowest BCUT2D eigenvalue weighted by Crippen LogP contribution is -2.53. The molecule has 1 aromatic rings. The van der Waals surface area contributed by atoms with E-state index in [0.717, 1.165) is 6.04 Å². The van der Waals surface area contributed by atoms with Gasteiger partial charge in [0.1, 0.15) is 0 Å². The molecule has 1 fully saturated rings. The average Bonchev–Trinajstić information content (AvgIpc) is 3.08. The van der Waals surface area contributed by atoms with Crippen molar-refractivity contribution in [3.8, 4) is 0 Å². The van der Waals surface area contributed by atoms with Crippen LogP contribution in [0.5, 0.6) is 0 Å². The normalized spacial score (nSPS) is 24.9. The molecule has 1 saturated heterocycles. The van der Waals surface area contributed by atoms with Gasteiger partial charge in [0, 0.05) is 24.7 Å². The van der Waals surface area contributed by atoms with E-state index >= 15 is 0 Å². The minimum atomic E-state index is 0.634. The van der Waals surface area contributed by atoms with Gasteiger partial charge in [-0.1, -0.05) is 36.4 Å². The number of hydrogen-bond donors (Lipinski definition) is 0. The SMILES string of the molecule is CC1=CCCC=C1N(CCC1CCCC[N+]1(C)C)C1Cc2ccccc2C1. The maximum absolute atomic E-state index is 2.79. The number of allylic oxidation sites excluding steroid dienone is 3. The quantitative estimate of drug-likeness (QED) is 0.656. The van der Waals surface area contributed by atoms with Gasteiger partial charge in [-0.3, -0.25) is 0 Å². The summed E-state index contributed by atoms with van der Waals surface area (Å²) in [6, 6.07) is 10.5. The average molecular weight is 366 g/mol. The summed E-state index contributed by atoms with van der Waals surface area (Å²) in [5.41, 5.74) is 6.16. The number of nitrogens with zero attached hydrogens (tertiary/aromatic N) is 2. The summed E-state index contributed by atoms with van der Waals surface area (Å²) in [6.45, 7) is 4.88. The van der Waals surface area contributed by atoms with Crippen LogP contribution in [0, 0.1) is 0 Å². The highest BCUT2D eigenvalue weighted by molar-refractivity contribution is 5.37. The van der Waals surface area contributed by atoms with Crippen LogP contribution in [0.3, 0.4) is 0 Å². The zero-order valence-electron chi connectivity index (χ0n) is 17.6. The molecule has 3 aliphatic rings. The van der Waals surface area contributed by atoms with Crippen molar-refractivity contribution in [1.29, 1.82) is 0 Å². The van der Waals surface area contributed by atoms with Crippen LogP contribution in [0.1, 0.15) is 56.6 Å². The fourth-order valence-corrected chi connectivity index (χ4v) is 5.60. The molecule has 146 valence electrons. The van der Waals surface area contributed by atoms with Crippen LogP contribution in [0.25, 0.3) is 0 Å². The first-order valence-electron chi connectivity index (χ1n) is 11.1. The highest BCUT2D eigenvalue weighted by atomic mass is 15.3. The fraction of sp³-hybridized carbons (Fsp3) is 0.600. The van der Waals surface area contributed by atoms with E-state index < -0.39 is 0 Å². The molecule has 2 nitrogen and oxygen atoms in total. The standard InChI is InChI=1S/C25H37N2/c1-20-10-4-7-14-25(20)26(16-15-24-13-8-9-17-27(24,2)3)23-18-21-11-5-6-12-22(21)19-23/h5-6,10-12,14,23-24H,4,7-9,13,15-19H2,1-3H3/q+1. The van der Waals surface area contributed by atoms with Crippen molar-refractivity contribution >= 4 is 0 Å². The van der Waals surface area contributed by atoms with Crippen molar-refractivity contribution in [2.45, 2.75) is 70.4 Å². The van der Waals surface area contributed by atoms with E-state index in [1.165, 1.54) is 80.2 Å². The zero-order valence-corrected chi connectivity index (χ0v) is 17.6. The lowest BCUT2D eigenvalue weighted by atomic mass is 9.95. The van der Waals surface area contributed by atoms with Gasteiger partial charge in [-0.25, -0.2) is 0 Å². The Morgan fingerprint density at radius 3 is 2.37 bits per heavy atom. The molecule has 2 aliphatic carbocycles. The first kappa shape index (κ1) is 18.8. The smallest absolute Gasteiger partial charge is 0.0903 e. The number of rotatable bonds is 5. The minimum Gasteiger partial charge on any atom is -0.368 e. The van der Waals surface area contributed by atoms with Gasteiger partial charge < -0.3 is 9.38 Å². The van der Waals surface area contributed by atoms with Crippen molar-refractivity contribution in [3.05, 3.63) is 58.8 Å². The van der Waals surface area contributed by atoms with Gasteiger partial charge in [-0.15, -0.1) is 0 Å². The molecule has 1 atom stereocenters. The molecule has 0 N–H and O–H groups in total. The topological polar surface area (TPSA) is 3.24 Å². The molecular formula is C25H37N2+. The van der Waals surface area contributed by atoms with E-state index in [9.17, 15) is 0 Å². The maximum Gasteiger partial charge on any atom is 0.0903 e. The third-order valence-electron chi connectivity index (χ3n) is 7.35. The molecule has 4 rings (SSSR count). The van der Waals surface area contributed by atoms with Gasteiger partial charge in [0.05, 0.1) is 26.7 Å². The summed E-state index contributed by atoms with van der Waals surface area (Å²) in [4.78, 5) is 2.79. The monoisotopic (exact) mass is 365 g/mol. The third-order valence-corrected chi connectivity index (χ3v) is 7.35. The number of likely N-dealkylation sites (tertiary alicyclic amines) is 1. The molecule has 1 aromatic carbocycles. The van der Waals surface area contributed by atoms with Gasteiger partial charge >= 0.3 is 0 Å². The van der Waals surface area contributed by atoms with Crippen LogP contribution in [-0.2, 0) is 12.8 Å². The second-order valence-electron chi connectivity index (χ2n) is 9.52. The van der Waals surface area contributed by atoms with Gasteiger partial charge in [-0.2, -0.15) is 0 Å². The Kier molecular flexibility index (Phi) is 5.45. The second kappa shape index (κ2) is 7.83. The molecule has 0 aromatic heterocycles. The highest BCUT2D eigenvalue weighted by Crippen LogP contribution is 2.33. The van der Waals surface area contributed by atoms with Gasteiger partial charge in [0.25, 0.3) is 0 Å². The predicted octanol–water partition coefficient (Wildman–Crippen LogP) is 5.10. The highest BCUT2D eigenvalue weighted by Gasteiger charge is 2.34. The number of piperidine rings is 1. The van der Waals surface area contributed by atoms with Gasteiger partial charge in [0.2, 0.25) is 0 Å². The Morgan fingerprint density at radius 2 is 1.70 bits per heavy atom. The molecule has 0 saturated carbocycles. The van der Waals surface area contributed by atoms with E-state index in [1.54, 1.807) is 11.1 Å². The molecule has 1 aliphatic heterocycles. The molecule has 0 amide bonds. The first-order chi connectivity index (χ1) is 13.0. The summed E-state index contributed by atoms with van der Waals surface area (Å²) in [5.74, 6) is 0. The largest absolute Gasteiger partial charge is 0.368 e. The summed E-state index contributed by atoms with van der Waals surface area (Å²) >= 11 is 0. The van der Waals surface area contributed by atoms with Crippen LogP contribution in [0.4, 0.5) is 0 Å². The van der Waals surface area contributed by atoms with E-state index in [1.807, 2.05) is 0 Å². The third kappa shape index (κ3) is 4.01. The summed E-state index contributed by atoms with van der Waals surface area (Å²) in [6.07, 6.45) is 15.3. The van der Waals surface area contributed by atoms with Crippen LogP contribution in [0.2, 0.25) is 0 Å². The first-order valence-corrected chi connectivity index (χ1v) is 11.1. The number of fused-ring (bicyclic) bond motifs is 1. The Labute approximate surface area is 166 Å². The van der Waals surface area contributed by atoms with Crippen LogP contribution in [-0.4, -0.2) is 48.7 Å². The van der Waals surface area contributed by atoms with Gasteiger partial charge in [-0.05, 0) is 68.6 Å². The molecule has 1 heterocycles. The van der Waals surface area contributed by atoms with E-state index in [2.05, 4.69) is 62.3 Å². The lowest BCUT2D eigenvalue weighted by molar-refractivity contribution is -0.920. The summed E-state index contributed by atoms with van der Waals surface area (Å²) in [7, 11) is 4.90. The molecular weight excluding hydrogens is 328 g/mol. The summed E-state index contributed by atoms with van der Waals surface area (Å²) in [5, 5.41) is 0. The molecule has 0 bridgehead atoms. The van der Waals surface area contributed by atoms with Gasteiger partial charge in [0.15, 0.2) is 0 Å². The van der Waals surface area contributed by atoms with Crippen LogP contribution in [0.15, 0.2) is 47.7 Å². The summed E-state index contributed by atoms with van der Waals surface area (Å²) < 4.78 is 1.21. The van der Waals surface area contributed by atoms with Crippen molar-refractivity contribution in [1.82, 2.24) is 4.90 Å². The van der Waals surface area contributed by atoms with E-state index in [4.69, 9.17) is 0 Å². The number of benzene rings is 1. The zero-order chi connectivity index (χ0) is 18.9. The maximum atomic E-state index is 2.79. The van der Waals surface area contributed by atoms with Crippen molar-refractivity contribution in [2.75, 3.05) is 27.2 Å². The van der Waals surface area contributed by atoms with Crippen LogP contribution >= 0.6 is 0 Å².